The van der Waals surface area contributed by atoms with Gasteiger partial charge >= 0.3 is 8.25 Å². The lowest BCUT2D eigenvalue weighted by molar-refractivity contribution is 0.191. The molecule has 0 bridgehead atoms. The standard InChI is InChI=1S/C6H12Cl2O3P/c1-3-5(7)10-12(9)11-6(8)4-2/h5-6H,3-4H2,1-2H3/q+1. The highest BCUT2D eigenvalue weighted by Crippen LogP contribution is 2.31. The lowest BCUT2D eigenvalue weighted by Crippen LogP contribution is -2.01. The topological polar surface area (TPSA) is 35.5 Å². The molecule has 12 heavy (non-hydrogen) atoms. The Morgan fingerprint density at radius 1 is 1.17 bits per heavy atom. The van der Waals surface area contributed by atoms with Crippen LogP contribution < -0.4 is 0 Å². The minimum atomic E-state index is -2.18. The molecule has 0 spiro atoms. The first kappa shape index (κ1) is 12.6. The molecule has 0 saturated carbocycles. The highest BCUT2D eigenvalue weighted by Gasteiger charge is 2.28. The Balaban J connectivity index is 3.59. The molecule has 0 radical (unpaired) electrons. The first-order chi connectivity index (χ1) is 5.60. The van der Waals surface area contributed by atoms with Gasteiger partial charge in [0.15, 0.2) is 11.1 Å². The van der Waals surface area contributed by atoms with E-state index in [1.165, 1.54) is 0 Å². The van der Waals surface area contributed by atoms with Gasteiger partial charge in [0, 0.05) is 4.57 Å². The van der Waals surface area contributed by atoms with Crippen LogP contribution in [-0.2, 0) is 13.6 Å². The van der Waals surface area contributed by atoms with Gasteiger partial charge in [0.1, 0.15) is 0 Å². The van der Waals surface area contributed by atoms with Gasteiger partial charge in [0.2, 0.25) is 0 Å². The van der Waals surface area contributed by atoms with Crippen molar-refractivity contribution in [3.63, 3.8) is 0 Å². The van der Waals surface area contributed by atoms with E-state index in [1.807, 2.05) is 13.8 Å². The Kier molecular flexibility index (Phi) is 7.40. The van der Waals surface area contributed by atoms with Gasteiger partial charge in [-0.3, -0.25) is 0 Å². The van der Waals surface area contributed by atoms with E-state index in [4.69, 9.17) is 32.2 Å². The van der Waals surface area contributed by atoms with Crippen molar-refractivity contribution in [2.24, 2.45) is 0 Å². The second-order valence-corrected chi connectivity index (χ2v) is 3.91. The molecule has 72 valence electrons. The lowest BCUT2D eigenvalue weighted by Gasteiger charge is -1.98. The third-order valence-corrected chi connectivity index (χ3v) is 2.94. The molecule has 0 aromatic heterocycles. The SMILES string of the molecule is CCC(Cl)O[P+](=O)OC(Cl)CC. The first-order valence-electron chi connectivity index (χ1n) is 3.69. The third-order valence-electron chi connectivity index (χ3n) is 1.04. The molecule has 0 saturated heterocycles. The molecule has 0 aromatic carbocycles. The van der Waals surface area contributed by atoms with Crippen LogP contribution in [0.3, 0.4) is 0 Å². The number of hydrogen-bond donors (Lipinski definition) is 0. The molecular formula is C6H12Cl2O3P+. The summed E-state index contributed by atoms with van der Waals surface area (Å²) in [5, 5.41) is 0. The van der Waals surface area contributed by atoms with Crippen LogP contribution in [-0.4, -0.2) is 11.1 Å². The van der Waals surface area contributed by atoms with Crippen molar-refractivity contribution in [2.75, 3.05) is 0 Å². The predicted molar refractivity (Wildman–Crippen MR) is 49.6 cm³/mol. The van der Waals surface area contributed by atoms with Gasteiger partial charge in [-0.1, -0.05) is 46.1 Å². The van der Waals surface area contributed by atoms with Crippen molar-refractivity contribution in [1.29, 1.82) is 0 Å². The number of rotatable bonds is 6. The van der Waals surface area contributed by atoms with Crippen LogP contribution in [0.25, 0.3) is 0 Å². The maximum atomic E-state index is 10.9. The van der Waals surface area contributed by atoms with Crippen LogP contribution in [0.1, 0.15) is 26.7 Å². The summed E-state index contributed by atoms with van der Waals surface area (Å²) < 4.78 is 20.4. The molecule has 0 rings (SSSR count). The van der Waals surface area contributed by atoms with Gasteiger partial charge in [-0.2, -0.15) is 0 Å². The Morgan fingerprint density at radius 2 is 1.50 bits per heavy atom. The number of alkyl halides is 2. The van der Waals surface area contributed by atoms with Crippen LogP contribution in [0.5, 0.6) is 0 Å². The van der Waals surface area contributed by atoms with E-state index in [1.54, 1.807) is 0 Å². The van der Waals surface area contributed by atoms with E-state index in [9.17, 15) is 4.57 Å². The van der Waals surface area contributed by atoms with Crippen molar-refractivity contribution >= 4 is 31.5 Å². The predicted octanol–water partition coefficient (Wildman–Crippen LogP) is 3.63. The van der Waals surface area contributed by atoms with Crippen LogP contribution in [0.4, 0.5) is 0 Å². The summed E-state index contributed by atoms with van der Waals surface area (Å²) in [4.78, 5) is 0. The maximum Gasteiger partial charge on any atom is 0.700 e. The molecule has 0 aliphatic carbocycles. The van der Waals surface area contributed by atoms with Crippen LogP contribution in [0, 0.1) is 0 Å². The zero-order valence-corrected chi connectivity index (χ0v) is 9.40. The van der Waals surface area contributed by atoms with E-state index < -0.39 is 19.4 Å². The lowest BCUT2D eigenvalue weighted by atomic mass is 10.5. The average molecular weight is 234 g/mol. The van der Waals surface area contributed by atoms with Crippen LogP contribution in [0.15, 0.2) is 0 Å². The summed E-state index contributed by atoms with van der Waals surface area (Å²) >= 11 is 11.1. The summed E-state index contributed by atoms with van der Waals surface area (Å²) in [7, 11) is -2.18. The minimum absolute atomic E-state index is 0.574. The fourth-order valence-electron chi connectivity index (χ4n) is 0.361. The second kappa shape index (κ2) is 7.05. The van der Waals surface area contributed by atoms with Gasteiger partial charge in [-0.25, -0.2) is 0 Å². The molecule has 0 heterocycles. The van der Waals surface area contributed by atoms with Crippen molar-refractivity contribution in [1.82, 2.24) is 0 Å². The number of hydrogen-bond acceptors (Lipinski definition) is 3. The van der Waals surface area contributed by atoms with Crippen molar-refractivity contribution in [3.8, 4) is 0 Å². The molecule has 2 unspecified atom stereocenters. The van der Waals surface area contributed by atoms with Crippen molar-refractivity contribution in [2.45, 2.75) is 37.8 Å². The van der Waals surface area contributed by atoms with Crippen molar-refractivity contribution < 1.29 is 13.6 Å². The van der Waals surface area contributed by atoms with Gasteiger partial charge in [-0.05, 0) is 12.8 Å². The molecule has 0 aliphatic heterocycles. The zero-order chi connectivity index (χ0) is 9.56. The molecule has 2 atom stereocenters. The molecule has 6 heteroatoms. The summed E-state index contributed by atoms with van der Waals surface area (Å²) in [5.41, 5.74) is -1.15. The molecular weight excluding hydrogens is 222 g/mol. The molecule has 0 amide bonds. The molecule has 0 aliphatic rings. The number of halogens is 2. The zero-order valence-electron chi connectivity index (χ0n) is 7.00. The smallest absolute Gasteiger partial charge is 0.0995 e. The van der Waals surface area contributed by atoms with E-state index in [0.717, 1.165) is 0 Å². The van der Waals surface area contributed by atoms with E-state index >= 15 is 0 Å². The summed E-state index contributed by atoms with van der Waals surface area (Å²) in [6, 6.07) is 0. The van der Waals surface area contributed by atoms with Gasteiger partial charge in [-0.15, -0.1) is 0 Å². The second-order valence-electron chi connectivity index (χ2n) is 2.07. The quantitative estimate of drug-likeness (QED) is 0.520. The summed E-state index contributed by atoms with van der Waals surface area (Å²) in [6.45, 7) is 3.64. The normalized spacial score (nSPS) is 17.2. The van der Waals surface area contributed by atoms with Gasteiger partial charge in [0.05, 0.1) is 0 Å². The van der Waals surface area contributed by atoms with E-state index in [0.29, 0.717) is 12.8 Å². The Bertz CT molecular complexity index is 131. The maximum absolute atomic E-state index is 10.9. The van der Waals surface area contributed by atoms with E-state index in [-0.39, 0.29) is 0 Å². The Hall–Kier alpha value is 0.600. The fourth-order valence-corrected chi connectivity index (χ4v) is 1.47. The molecule has 0 aromatic rings. The Morgan fingerprint density at radius 3 is 1.75 bits per heavy atom. The Labute approximate surface area is 83.3 Å². The van der Waals surface area contributed by atoms with Gasteiger partial charge < -0.3 is 0 Å². The van der Waals surface area contributed by atoms with Crippen LogP contribution in [0.2, 0.25) is 0 Å². The highest BCUT2D eigenvalue weighted by molar-refractivity contribution is 7.33. The fraction of sp³-hybridized carbons (Fsp3) is 1.00. The van der Waals surface area contributed by atoms with Gasteiger partial charge in [0.25, 0.3) is 0 Å². The summed E-state index contributed by atoms with van der Waals surface area (Å²) in [5.74, 6) is 0. The largest absolute Gasteiger partial charge is 0.700 e. The first-order valence-corrected chi connectivity index (χ1v) is 5.65. The third kappa shape index (κ3) is 6.15. The molecule has 0 fully saturated rings. The van der Waals surface area contributed by atoms with Crippen molar-refractivity contribution in [3.05, 3.63) is 0 Å². The van der Waals surface area contributed by atoms with E-state index in [2.05, 4.69) is 0 Å². The monoisotopic (exact) mass is 233 g/mol. The average Bonchev–Trinajstić information content (AvgIpc) is 2.03. The molecule has 3 nitrogen and oxygen atoms in total. The minimum Gasteiger partial charge on any atom is -0.0995 e. The highest BCUT2D eigenvalue weighted by atomic mass is 35.5. The van der Waals surface area contributed by atoms with Crippen LogP contribution >= 0.6 is 31.5 Å². The summed E-state index contributed by atoms with van der Waals surface area (Å²) in [6.07, 6.45) is 1.15. The molecule has 0 N–H and O–H groups in total.